The van der Waals surface area contributed by atoms with Gasteiger partial charge in [-0.1, -0.05) is 12.1 Å². The first-order valence-electron chi connectivity index (χ1n) is 9.84. The van der Waals surface area contributed by atoms with Gasteiger partial charge in [0.1, 0.15) is 5.82 Å². The molecule has 1 aromatic carbocycles. The number of aryl methyl sites for hydroxylation is 1. The predicted octanol–water partition coefficient (Wildman–Crippen LogP) is 2.62. The van der Waals surface area contributed by atoms with Crippen molar-refractivity contribution in [1.29, 1.82) is 0 Å². The molecule has 0 fully saturated rings. The molecule has 152 valence electrons. The van der Waals surface area contributed by atoms with Crippen LogP contribution in [-0.2, 0) is 19.5 Å². The average molecular weight is 420 g/mol. The standard InChI is InChI=1S/C21H21N7OS/c22-19(29)14-5-1-7-18-15(14)12-25-28(18)21-26-17-6-2-8-23-11-16(17)20(27-21)24-10-13-4-3-9-30-13/h1,3-5,7,9,12,23H,2,6,8,10-11H2,(H2,22,29)(H,24,26,27). The van der Waals surface area contributed by atoms with E-state index < -0.39 is 5.91 Å². The smallest absolute Gasteiger partial charge is 0.253 e. The van der Waals surface area contributed by atoms with Crippen molar-refractivity contribution in [3.63, 3.8) is 0 Å². The Morgan fingerprint density at radius 2 is 2.20 bits per heavy atom. The number of primary amides is 1. The number of anilines is 1. The number of rotatable bonds is 5. The fraction of sp³-hybridized carbons (Fsp3) is 0.238. The molecule has 1 aliphatic rings. The van der Waals surface area contributed by atoms with Gasteiger partial charge in [0.2, 0.25) is 5.91 Å². The van der Waals surface area contributed by atoms with Crippen LogP contribution in [0.5, 0.6) is 0 Å². The molecule has 5 rings (SSSR count). The molecular weight excluding hydrogens is 398 g/mol. The topological polar surface area (TPSA) is 111 Å². The number of carbonyl (C=O) groups is 1. The lowest BCUT2D eigenvalue weighted by Crippen LogP contribution is -2.16. The van der Waals surface area contributed by atoms with Crippen LogP contribution in [0.3, 0.4) is 0 Å². The summed E-state index contributed by atoms with van der Waals surface area (Å²) in [6.07, 6.45) is 3.53. The molecule has 0 spiro atoms. The Morgan fingerprint density at radius 3 is 3.03 bits per heavy atom. The van der Waals surface area contributed by atoms with Crippen LogP contribution in [0.25, 0.3) is 16.9 Å². The van der Waals surface area contributed by atoms with Crippen molar-refractivity contribution in [2.75, 3.05) is 11.9 Å². The first-order valence-corrected chi connectivity index (χ1v) is 10.7. The van der Waals surface area contributed by atoms with Crippen molar-refractivity contribution in [2.24, 2.45) is 5.73 Å². The number of amides is 1. The molecule has 30 heavy (non-hydrogen) atoms. The highest BCUT2D eigenvalue weighted by molar-refractivity contribution is 7.09. The molecular formula is C21H21N7OS. The summed E-state index contributed by atoms with van der Waals surface area (Å²) in [6, 6.07) is 9.53. The number of nitrogens with two attached hydrogens (primary N) is 1. The summed E-state index contributed by atoms with van der Waals surface area (Å²) in [7, 11) is 0. The van der Waals surface area contributed by atoms with Crippen molar-refractivity contribution in [2.45, 2.75) is 25.9 Å². The maximum Gasteiger partial charge on any atom is 0.253 e. The molecule has 0 saturated carbocycles. The van der Waals surface area contributed by atoms with Crippen LogP contribution >= 0.6 is 11.3 Å². The van der Waals surface area contributed by atoms with Crippen LogP contribution in [0, 0.1) is 0 Å². The minimum absolute atomic E-state index is 0.439. The highest BCUT2D eigenvalue weighted by atomic mass is 32.1. The van der Waals surface area contributed by atoms with Gasteiger partial charge in [-0.15, -0.1) is 11.3 Å². The molecule has 4 N–H and O–H groups in total. The van der Waals surface area contributed by atoms with Crippen molar-refractivity contribution >= 4 is 34.0 Å². The second kappa shape index (κ2) is 7.85. The number of nitrogens with one attached hydrogen (secondary N) is 2. The fourth-order valence-corrected chi connectivity index (χ4v) is 4.40. The molecule has 0 atom stereocenters. The number of carbonyl (C=O) groups excluding carboxylic acids is 1. The van der Waals surface area contributed by atoms with Gasteiger partial charge < -0.3 is 16.4 Å². The summed E-state index contributed by atoms with van der Waals surface area (Å²) in [5, 5.41) is 14.2. The monoisotopic (exact) mass is 419 g/mol. The van der Waals surface area contributed by atoms with Gasteiger partial charge in [0.15, 0.2) is 0 Å². The van der Waals surface area contributed by atoms with E-state index in [1.807, 2.05) is 12.1 Å². The van der Waals surface area contributed by atoms with Crippen molar-refractivity contribution in [1.82, 2.24) is 25.1 Å². The van der Waals surface area contributed by atoms with Crippen LogP contribution in [0.4, 0.5) is 5.82 Å². The van der Waals surface area contributed by atoms with Crippen molar-refractivity contribution in [3.05, 3.63) is 63.6 Å². The zero-order valence-corrected chi connectivity index (χ0v) is 17.1. The third-order valence-corrected chi connectivity index (χ3v) is 6.10. The molecule has 0 bridgehead atoms. The molecule has 0 radical (unpaired) electrons. The van der Waals surface area contributed by atoms with E-state index in [2.05, 4.69) is 27.2 Å². The predicted molar refractivity (Wildman–Crippen MR) is 117 cm³/mol. The lowest BCUT2D eigenvalue weighted by molar-refractivity contribution is 0.100. The lowest BCUT2D eigenvalue weighted by Gasteiger charge is -2.15. The Balaban J connectivity index is 1.61. The van der Waals surface area contributed by atoms with E-state index in [4.69, 9.17) is 15.7 Å². The zero-order valence-electron chi connectivity index (χ0n) is 16.3. The van der Waals surface area contributed by atoms with Crippen LogP contribution in [0.2, 0.25) is 0 Å². The number of nitrogens with zero attached hydrogens (tertiary/aromatic N) is 4. The summed E-state index contributed by atoms with van der Waals surface area (Å²) >= 11 is 1.71. The van der Waals surface area contributed by atoms with E-state index in [1.54, 1.807) is 34.3 Å². The number of benzene rings is 1. The van der Waals surface area contributed by atoms with Crippen LogP contribution < -0.4 is 16.4 Å². The highest BCUT2D eigenvalue weighted by Crippen LogP contribution is 2.25. The lowest BCUT2D eigenvalue weighted by atomic mass is 10.1. The van der Waals surface area contributed by atoms with Gasteiger partial charge in [0, 0.05) is 22.4 Å². The summed E-state index contributed by atoms with van der Waals surface area (Å²) in [5.74, 6) is 0.820. The maximum atomic E-state index is 11.8. The SMILES string of the molecule is NC(=O)c1cccc2c1cnn2-c1nc2c(c(NCc3cccs3)n1)CNCCC2. The first kappa shape index (κ1) is 18.7. The molecule has 3 aromatic heterocycles. The number of hydrogen-bond donors (Lipinski definition) is 3. The van der Waals surface area contributed by atoms with Gasteiger partial charge in [-0.25, -0.2) is 4.98 Å². The van der Waals surface area contributed by atoms with E-state index >= 15 is 0 Å². The molecule has 9 heteroatoms. The molecule has 4 heterocycles. The van der Waals surface area contributed by atoms with Gasteiger partial charge >= 0.3 is 0 Å². The Labute approximate surface area is 177 Å². The van der Waals surface area contributed by atoms with Gasteiger partial charge in [0.25, 0.3) is 5.95 Å². The summed E-state index contributed by atoms with van der Waals surface area (Å²) in [5.41, 5.74) is 8.83. The van der Waals surface area contributed by atoms with E-state index in [0.29, 0.717) is 23.4 Å². The quantitative estimate of drug-likeness (QED) is 0.459. The number of hydrogen-bond acceptors (Lipinski definition) is 7. The maximum absolute atomic E-state index is 11.8. The second-order valence-electron chi connectivity index (χ2n) is 7.17. The number of aromatic nitrogens is 4. The van der Waals surface area contributed by atoms with E-state index in [-0.39, 0.29) is 0 Å². The zero-order chi connectivity index (χ0) is 20.5. The van der Waals surface area contributed by atoms with Crippen LogP contribution in [-0.4, -0.2) is 32.2 Å². The summed E-state index contributed by atoms with van der Waals surface area (Å²) < 4.78 is 1.68. The Kier molecular flexibility index (Phi) is 4.89. The second-order valence-corrected chi connectivity index (χ2v) is 8.20. The normalized spacial score (nSPS) is 13.7. The Bertz CT molecular complexity index is 1220. The van der Waals surface area contributed by atoms with Gasteiger partial charge in [0.05, 0.1) is 29.5 Å². The van der Waals surface area contributed by atoms with Crippen molar-refractivity contribution in [3.8, 4) is 5.95 Å². The first-order chi connectivity index (χ1) is 14.7. The third kappa shape index (κ3) is 3.42. The minimum atomic E-state index is -0.479. The summed E-state index contributed by atoms with van der Waals surface area (Å²) in [4.78, 5) is 22.7. The molecule has 0 saturated heterocycles. The fourth-order valence-electron chi connectivity index (χ4n) is 3.75. The molecule has 1 aliphatic heterocycles. The Morgan fingerprint density at radius 1 is 1.27 bits per heavy atom. The van der Waals surface area contributed by atoms with E-state index in [9.17, 15) is 4.79 Å². The molecule has 4 aromatic rings. The summed E-state index contributed by atoms with van der Waals surface area (Å²) in [6.45, 7) is 2.38. The average Bonchev–Trinajstić information content (AvgIpc) is 3.36. The van der Waals surface area contributed by atoms with Gasteiger partial charge in [-0.2, -0.15) is 14.8 Å². The molecule has 1 amide bonds. The van der Waals surface area contributed by atoms with E-state index in [0.717, 1.165) is 48.5 Å². The van der Waals surface area contributed by atoms with Gasteiger partial charge in [-0.05, 0) is 43.0 Å². The van der Waals surface area contributed by atoms with Crippen LogP contribution in [0.15, 0.2) is 41.9 Å². The molecule has 8 nitrogen and oxygen atoms in total. The number of thiophene rings is 1. The van der Waals surface area contributed by atoms with Crippen molar-refractivity contribution < 1.29 is 4.79 Å². The molecule has 0 aliphatic carbocycles. The largest absolute Gasteiger partial charge is 0.366 e. The number of fused-ring (bicyclic) bond motifs is 2. The van der Waals surface area contributed by atoms with Gasteiger partial charge in [-0.3, -0.25) is 4.79 Å². The Hall–Kier alpha value is -3.30. The third-order valence-electron chi connectivity index (χ3n) is 5.23. The molecule has 0 unspecified atom stereocenters. The van der Waals surface area contributed by atoms with Crippen LogP contribution in [0.1, 0.15) is 32.9 Å². The van der Waals surface area contributed by atoms with E-state index in [1.165, 1.54) is 4.88 Å². The minimum Gasteiger partial charge on any atom is -0.366 e. The highest BCUT2D eigenvalue weighted by Gasteiger charge is 2.19.